The van der Waals surface area contributed by atoms with E-state index in [9.17, 15) is 0 Å². The molecule has 0 aromatic rings. The Balaban J connectivity index is 2.01. The van der Waals surface area contributed by atoms with Crippen molar-refractivity contribution in [1.82, 2.24) is 0 Å². The minimum Gasteiger partial charge on any atom is -0.0602 e. The predicted octanol–water partition coefficient (Wildman–Crippen LogP) is 4.49. The molecule has 0 saturated heterocycles. The van der Waals surface area contributed by atoms with E-state index in [-0.39, 0.29) is 0 Å². The first kappa shape index (κ1) is 10.5. The quantitative estimate of drug-likeness (QED) is 0.577. The van der Waals surface area contributed by atoms with Crippen molar-refractivity contribution >= 4 is 0 Å². The van der Waals surface area contributed by atoms with Crippen molar-refractivity contribution < 1.29 is 0 Å². The monoisotopic (exact) mass is 194 g/mol. The van der Waals surface area contributed by atoms with Gasteiger partial charge in [0.15, 0.2) is 0 Å². The number of fused-ring (bicyclic) bond motifs is 2. The Morgan fingerprint density at radius 3 is 2.21 bits per heavy atom. The van der Waals surface area contributed by atoms with Gasteiger partial charge in [-0.1, -0.05) is 34.6 Å². The summed E-state index contributed by atoms with van der Waals surface area (Å²) >= 11 is 0. The molecule has 0 radical (unpaired) electrons. The lowest BCUT2D eigenvalue weighted by molar-refractivity contribution is -0.113. The summed E-state index contributed by atoms with van der Waals surface area (Å²) in [5.41, 5.74) is 1.21. The summed E-state index contributed by atoms with van der Waals surface area (Å²) < 4.78 is 0. The first-order valence-corrected chi connectivity index (χ1v) is 6.31. The Hall–Kier alpha value is 0. The van der Waals surface area contributed by atoms with Gasteiger partial charge in [-0.15, -0.1) is 0 Å². The maximum absolute atomic E-state index is 2.50. The lowest BCUT2D eigenvalue weighted by atomic mass is 9.44. The van der Waals surface area contributed by atoms with Gasteiger partial charge in [-0.05, 0) is 54.3 Å². The van der Waals surface area contributed by atoms with Crippen molar-refractivity contribution in [2.45, 2.75) is 60.3 Å². The summed E-state index contributed by atoms with van der Waals surface area (Å²) in [6.45, 7) is 12.2. The van der Waals surface area contributed by atoms with Crippen LogP contribution in [-0.4, -0.2) is 0 Å². The van der Waals surface area contributed by atoms with E-state index in [0.717, 1.165) is 17.8 Å². The Morgan fingerprint density at radius 2 is 1.79 bits per heavy atom. The summed E-state index contributed by atoms with van der Waals surface area (Å²) in [6, 6.07) is 0. The highest BCUT2D eigenvalue weighted by atomic mass is 14.6. The van der Waals surface area contributed by atoms with Gasteiger partial charge in [0.1, 0.15) is 0 Å². The number of hydrogen-bond donors (Lipinski definition) is 0. The van der Waals surface area contributed by atoms with Crippen molar-refractivity contribution in [3.8, 4) is 0 Å². The van der Waals surface area contributed by atoms with Crippen LogP contribution >= 0.6 is 0 Å². The fraction of sp³-hybridized carbons (Fsp3) is 1.00. The zero-order chi connectivity index (χ0) is 10.6. The van der Waals surface area contributed by atoms with E-state index in [4.69, 9.17) is 0 Å². The standard InChI is InChI=1S/C14H26/c1-13(2,3)9-10-6-7-11-8-12(10)14(11,4)5/h10-12H,6-9H2,1-5H3/t10-,11-,12-/m0/s1. The van der Waals surface area contributed by atoms with Gasteiger partial charge in [-0.2, -0.15) is 0 Å². The molecule has 2 bridgehead atoms. The average molecular weight is 194 g/mol. The normalized spacial score (nSPS) is 40.5. The van der Waals surface area contributed by atoms with Gasteiger partial charge < -0.3 is 0 Å². The Morgan fingerprint density at radius 1 is 1.14 bits per heavy atom. The Kier molecular flexibility index (Phi) is 2.25. The molecule has 3 aliphatic rings. The van der Waals surface area contributed by atoms with Crippen LogP contribution in [0.15, 0.2) is 0 Å². The second kappa shape index (κ2) is 3.00. The molecule has 3 atom stereocenters. The summed E-state index contributed by atoms with van der Waals surface area (Å²) in [6.07, 6.45) is 5.99. The van der Waals surface area contributed by atoms with Crippen LogP contribution in [0.2, 0.25) is 0 Å². The van der Waals surface area contributed by atoms with Gasteiger partial charge in [-0.25, -0.2) is 0 Å². The van der Waals surface area contributed by atoms with Crippen molar-refractivity contribution in [3.63, 3.8) is 0 Å². The predicted molar refractivity (Wildman–Crippen MR) is 62.2 cm³/mol. The molecule has 0 heterocycles. The number of hydrogen-bond acceptors (Lipinski definition) is 0. The van der Waals surface area contributed by atoms with Crippen molar-refractivity contribution in [3.05, 3.63) is 0 Å². The third-order valence-corrected chi connectivity index (χ3v) is 4.88. The molecule has 0 aromatic heterocycles. The summed E-state index contributed by atoms with van der Waals surface area (Å²) in [5, 5.41) is 0. The van der Waals surface area contributed by atoms with Gasteiger partial charge in [0.2, 0.25) is 0 Å². The third-order valence-electron chi connectivity index (χ3n) is 4.88. The van der Waals surface area contributed by atoms with E-state index in [1.165, 1.54) is 25.7 Å². The molecule has 3 fully saturated rings. The van der Waals surface area contributed by atoms with Gasteiger partial charge >= 0.3 is 0 Å². The van der Waals surface area contributed by atoms with E-state index in [1.807, 2.05) is 0 Å². The minimum absolute atomic E-state index is 0.531. The molecule has 0 spiro atoms. The van der Waals surface area contributed by atoms with Crippen LogP contribution in [0.1, 0.15) is 60.3 Å². The first-order valence-electron chi connectivity index (χ1n) is 6.31. The van der Waals surface area contributed by atoms with Crippen LogP contribution in [0.3, 0.4) is 0 Å². The van der Waals surface area contributed by atoms with Crippen LogP contribution in [0.4, 0.5) is 0 Å². The minimum atomic E-state index is 0.531. The topological polar surface area (TPSA) is 0 Å². The van der Waals surface area contributed by atoms with Crippen molar-refractivity contribution in [1.29, 1.82) is 0 Å². The van der Waals surface area contributed by atoms with Crippen molar-refractivity contribution in [2.75, 3.05) is 0 Å². The molecule has 3 aliphatic carbocycles. The molecule has 82 valence electrons. The van der Waals surface area contributed by atoms with E-state index >= 15 is 0 Å². The zero-order valence-electron chi connectivity index (χ0n) is 10.6. The molecular formula is C14H26. The fourth-order valence-electron chi connectivity index (χ4n) is 3.99. The van der Waals surface area contributed by atoms with E-state index in [1.54, 1.807) is 0 Å². The number of rotatable bonds is 1. The summed E-state index contributed by atoms with van der Waals surface area (Å²) in [5.74, 6) is 3.12. The maximum atomic E-state index is 2.50. The first-order chi connectivity index (χ1) is 6.31. The molecule has 0 heteroatoms. The molecule has 0 nitrogen and oxygen atoms in total. The maximum Gasteiger partial charge on any atom is -0.0295 e. The highest BCUT2D eigenvalue weighted by Crippen LogP contribution is 2.62. The SMILES string of the molecule is CC(C)(C)C[C@@H]1CC[C@H]2C[C@@H]1C2(C)C. The molecule has 0 aliphatic heterocycles. The second-order valence-electron chi connectivity index (χ2n) is 7.46. The molecule has 0 unspecified atom stereocenters. The van der Waals surface area contributed by atoms with E-state index in [0.29, 0.717) is 10.8 Å². The van der Waals surface area contributed by atoms with E-state index in [2.05, 4.69) is 34.6 Å². The lowest BCUT2D eigenvalue weighted by Crippen LogP contribution is -2.52. The van der Waals surface area contributed by atoms with Crippen LogP contribution in [-0.2, 0) is 0 Å². The van der Waals surface area contributed by atoms with Crippen LogP contribution < -0.4 is 0 Å². The van der Waals surface area contributed by atoms with Gasteiger partial charge in [0.05, 0.1) is 0 Å². The third kappa shape index (κ3) is 1.61. The molecule has 3 rings (SSSR count). The molecule has 14 heavy (non-hydrogen) atoms. The highest BCUT2D eigenvalue weighted by Gasteiger charge is 2.54. The lowest BCUT2D eigenvalue weighted by Gasteiger charge is -2.61. The Bertz CT molecular complexity index is 217. The van der Waals surface area contributed by atoms with Crippen LogP contribution in [0.25, 0.3) is 0 Å². The second-order valence-corrected chi connectivity index (χ2v) is 7.46. The Labute approximate surface area is 89.5 Å². The summed E-state index contributed by atoms with van der Waals surface area (Å²) in [7, 11) is 0. The van der Waals surface area contributed by atoms with Crippen LogP contribution in [0.5, 0.6) is 0 Å². The zero-order valence-corrected chi connectivity index (χ0v) is 10.6. The molecule has 0 N–H and O–H groups in total. The largest absolute Gasteiger partial charge is 0.0602 e. The van der Waals surface area contributed by atoms with Crippen LogP contribution in [0, 0.1) is 28.6 Å². The molecule has 3 saturated carbocycles. The van der Waals surface area contributed by atoms with Gasteiger partial charge in [0, 0.05) is 0 Å². The molecular weight excluding hydrogens is 168 g/mol. The average Bonchev–Trinajstić information content (AvgIpc) is 2.00. The fourth-order valence-corrected chi connectivity index (χ4v) is 3.99. The van der Waals surface area contributed by atoms with Crippen molar-refractivity contribution in [2.24, 2.45) is 28.6 Å². The molecule has 0 amide bonds. The van der Waals surface area contributed by atoms with E-state index < -0.39 is 0 Å². The molecule has 0 aromatic carbocycles. The smallest absolute Gasteiger partial charge is 0.0295 e. The summed E-state index contributed by atoms with van der Waals surface area (Å²) in [4.78, 5) is 0. The van der Waals surface area contributed by atoms with Gasteiger partial charge in [0.25, 0.3) is 0 Å². The highest BCUT2D eigenvalue weighted by molar-refractivity contribution is 5.03. The van der Waals surface area contributed by atoms with Gasteiger partial charge in [-0.3, -0.25) is 0 Å².